The number of nitrogens with zero attached hydrogens (tertiary/aromatic N) is 1. The minimum Gasteiger partial charge on any atom is -0.480 e. The highest BCUT2D eigenvalue weighted by Gasteiger charge is 2.28. The van der Waals surface area contributed by atoms with Crippen LogP contribution in [0.15, 0.2) is 4.99 Å². The normalized spacial score (nSPS) is 14.5. The van der Waals surface area contributed by atoms with Crippen molar-refractivity contribution in [1.82, 2.24) is 16.0 Å². The number of carbonyl (C=O) groups excluding carboxylic acids is 3. The third kappa shape index (κ3) is 11.5. The smallest absolute Gasteiger partial charge is 0.325 e. The summed E-state index contributed by atoms with van der Waals surface area (Å²) >= 11 is 1.47. The second-order valence-electron chi connectivity index (χ2n) is 6.71. The monoisotopic (exact) mass is 447 g/mol. The number of amides is 3. The minimum atomic E-state index is -1.19. The first-order valence-corrected chi connectivity index (χ1v) is 10.8. The maximum atomic E-state index is 12.8. The third-order valence-corrected chi connectivity index (χ3v) is 4.61. The Morgan fingerprint density at radius 3 is 2.00 bits per heavy atom. The molecule has 0 rings (SSSR count). The summed E-state index contributed by atoms with van der Waals surface area (Å²) in [7, 11) is 0. The number of hydrogen-bond acceptors (Lipinski definition) is 7. The van der Waals surface area contributed by atoms with E-state index in [9.17, 15) is 19.2 Å². The fourth-order valence-electron chi connectivity index (χ4n) is 2.23. The van der Waals surface area contributed by atoms with Gasteiger partial charge in [0.15, 0.2) is 5.96 Å². The molecule has 0 radical (unpaired) electrons. The SMILES string of the molecule is CSCCC(NC(=O)C(CCCN=C(N)N)NC(=O)C(C)N)C(=O)NC(C)C(=O)O. The average Bonchev–Trinajstić information content (AvgIpc) is 2.66. The number of nitrogens with one attached hydrogen (secondary N) is 3. The Kier molecular flexibility index (Phi) is 13.2. The molecule has 30 heavy (non-hydrogen) atoms. The molecular weight excluding hydrogens is 414 g/mol. The van der Waals surface area contributed by atoms with Crippen LogP contribution in [0.5, 0.6) is 0 Å². The van der Waals surface area contributed by atoms with Gasteiger partial charge in [0.25, 0.3) is 0 Å². The minimum absolute atomic E-state index is 0.0861. The van der Waals surface area contributed by atoms with E-state index in [2.05, 4.69) is 20.9 Å². The van der Waals surface area contributed by atoms with Gasteiger partial charge in [-0.2, -0.15) is 11.8 Å². The first kappa shape index (κ1) is 27.5. The van der Waals surface area contributed by atoms with Crippen LogP contribution in [0.25, 0.3) is 0 Å². The van der Waals surface area contributed by atoms with Crippen molar-refractivity contribution in [2.45, 2.75) is 57.3 Å². The first-order valence-electron chi connectivity index (χ1n) is 9.43. The van der Waals surface area contributed by atoms with E-state index < -0.39 is 47.9 Å². The van der Waals surface area contributed by atoms with E-state index >= 15 is 0 Å². The largest absolute Gasteiger partial charge is 0.480 e. The molecule has 0 saturated carbocycles. The van der Waals surface area contributed by atoms with Crippen molar-refractivity contribution in [2.75, 3.05) is 18.6 Å². The molecule has 0 aliphatic heterocycles. The van der Waals surface area contributed by atoms with Crippen molar-refractivity contribution in [3.8, 4) is 0 Å². The number of carbonyl (C=O) groups is 4. The highest BCUT2D eigenvalue weighted by atomic mass is 32.2. The summed E-state index contributed by atoms with van der Waals surface area (Å²) in [5.74, 6) is -2.46. The molecule has 0 saturated heterocycles. The Labute approximate surface area is 180 Å². The second kappa shape index (κ2) is 14.4. The number of hydrogen-bond donors (Lipinski definition) is 7. The maximum Gasteiger partial charge on any atom is 0.325 e. The van der Waals surface area contributed by atoms with E-state index in [4.69, 9.17) is 22.3 Å². The fraction of sp³-hybridized carbons (Fsp3) is 0.706. The third-order valence-electron chi connectivity index (χ3n) is 3.96. The summed E-state index contributed by atoms with van der Waals surface area (Å²) in [5.41, 5.74) is 16.1. The lowest BCUT2D eigenvalue weighted by molar-refractivity contribution is -0.141. The zero-order valence-electron chi connectivity index (χ0n) is 17.5. The van der Waals surface area contributed by atoms with E-state index in [0.29, 0.717) is 12.2 Å². The Hall–Kier alpha value is -2.54. The summed E-state index contributed by atoms with van der Waals surface area (Å²) in [6.45, 7) is 3.06. The second-order valence-corrected chi connectivity index (χ2v) is 7.70. The summed E-state index contributed by atoms with van der Waals surface area (Å²) < 4.78 is 0. The van der Waals surface area contributed by atoms with Gasteiger partial charge in [0, 0.05) is 6.54 Å². The Bertz CT molecular complexity index is 626. The average molecular weight is 448 g/mol. The van der Waals surface area contributed by atoms with Crippen LogP contribution >= 0.6 is 11.8 Å². The van der Waals surface area contributed by atoms with Crippen molar-refractivity contribution < 1.29 is 24.3 Å². The highest BCUT2D eigenvalue weighted by molar-refractivity contribution is 7.98. The molecule has 172 valence electrons. The van der Waals surface area contributed by atoms with Gasteiger partial charge in [-0.05, 0) is 45.1 Å². The van der Waals surface area contributed by atoms with Crippen molar-refractivity contribution in [2.24, 2.45) is 22.2 Å². The molecule has 12 nitrogen and oxygen atoms in total. The number of carboxylic acids is 1. The summed E-state index contributed by atoms with van der Waals surface area (Å²) in [6.07, 6.45) is 2.73. The van der Waals surface area contributed by atoms with E-state index in [-0.39, 0.29) is 25.3 Å². The molecule has 4 atom stereocenters. The summed E-state index contributed by atoms with van der Waals surface area (Å²) in [6, 6.07) is -3.86. The fourth-order valence-corrected chi connectivity index (χ4v) is 2.70. The maximum absolute atomic E-state index is 12.8. The topological polar surface area (TPSA) is 215 Å². The van der Waals surface area contributed by atoms with Gasteiger partial charge >= 0.3 is 5.97 Å². The highest BCUT2D eigenvalue weighted by Crippen LogP contribution is 2.05. The van der Waals surface area contributed by atoms with E-state index in [1.54, 1.807) is 0 Å². The number of rotatable bonds is 14. The van der Waals surface area contributed by atoms with Crippen LogP contribution in [0, 0.1) is 0 Å². The molecular formula is C17H33N7O5S. The molecule has 0 bridgehead atoms. The molecule has 10 N–H and O–H groups in total. The molecule has 0 aliphatic carbocycles. The van der Waals surface area contributed by atoms with E-state index in [0.717, 1.165) is 0 Å². The Morgan fingerprint density at radius 1 is 0.967 bits per heavy atom. The van der Waals surface area contributed by atoms with Crippen LogP contribution in [-0.4, -0.2) is 77.5 Å². The molecule has 0 aromatic carbocycles. The van der Waals surface area contributed by atoms with Gasteiger partial charge in [0.05, 0.1) is 6.04 Å². The summed E-state index contributed by atoms with van der Waals surface area (Å²) in [4.78, 5) is 52.0. The lowest BCUT2D eigenvalue weighted by Crippen LogP contribution is -2.56. The first-order chi connectivity index (χ1) is 14.0. The number of thioether (sulfide) groups is 1. The molecule has 0 aromatic heterocycles. The molecule has 3 amide bonds. The summed E-state index contributed by atoms with van der Waals surface area (Å²) in [5, 5.41) is 16.5. The molecule has 4 unspecified atom stereocenters. The molecule has 0 heterocycles. The van der Waals surface area contributed by atoms with Crippen molar-refractivity contribution in [1.29, 1.82) is 0 Å². The molecule has 0 aromatic rings. The van der Waals surface area contributed by atoms with Gasteiger partial charge in [-0.15, -0.1) is 0 Å². The van der Waals surface area contributed by atoms with Gasteiger partial charge in [0.2, 0.25) is 17.7 Å². The molecule has 0 aliphatic rings. The number of aliphatic imine (C=N–C) groups is 1. The van der Waals surface area contributed by atoms with Crippen LogP contribution in [0.1, 0.15) is 33.1 Å². The lowest BCUT2D eigenvalue weighted by Gasteiger charge is -2.24. The number of nitrogens with two attached hydrogens (primary N) is 3. The molecule has 0 fully saturated rings. The molecule has 0 spiro atoms. The van der Waals surface area contributed by atoms with E-state index in [1.807, 2.05) is 6.26 Å². The zero-order chi connectivity index (χ0) is 23.3. The van der Waals surface area contributed by atoms with Gasteiger partial charge < -0.3 is 38.3 Å². The number of guanidine groups is 1. The number of aliphatic carboxylic acids is 1. The quantitative estimate of drug-likeness (QED) is 0.0864. The zero-order valence-corrected chi connectivity index (χ0v) is 18.3. The van der Waals surface area contributed by atoms with Crippen molar-refractivity contribution in [3.63, 3.8) is 0 Å². The van der Waals surface area contributed by atoms with Crippen LogP contribution < -0.4 is 33.2 Å². The van der Waals surface area contributed by atoms with Crippen LogP contribution in [0.4, 0.5) is 0 Å². The van der Waals surface area contributed by atoms with Crippen molar-refractivity contribution >= 4 is 41.4 Å². The van der Waals surface area contributed by atoms with Crippen LogP contribution in [0.2, 0.25) is 0 Å². The predicted molar refractivity (Wildman–Crippen MR) is 116 cm³/mol. The van der Waals surface area contributed by atoms with Gasteiger partial charge in [0.1, 0.15) is 18.1 Å². The molecule has 13 heteroatoms. The van der Waals surface area contributed by atoms with Crippen LogP contribution in [-0.2, 0) is 19.2 Å². The number of carboxylic acid groups (broad SMARTS) is 1. The van der Waals surface area contributed by atoms with Crippen LogP contribution in [0.3, 0.4) is 0 Å². The van der Waals surface area contributed by atoms with Gasteiger partial charge in [-0.1, -0.05) is 0 Å². The van der Waals surface area contributed by atoms with E-state index in [1.165, 1.54) is 25.6 Å². The Balaban J connectivity index is 5.25. The van der Waals surface area contributed by atoms with Gasteiger partial charge in [-0.3, -0.25) is 24.2 Å². The predicted octanol–water partition coefficient (Wildman–Crippen LogP) is -2.30. The Morgan fingerprint density at radius 2 is 1.50 bits per heavy atom. The standard InChI is InChI=1S/C17H33N7O5S/c1-9(18)13(25)23-11(5-4-7-21-17(19)20)15(27)24-12(6-8-30-3)14(26)22-10(2)16(28)29/h9-12H,4-8,18H2,1-3H3,(H,22,26)(H,23,25)(H,24,27)(H,28,29)(H4,19,20,21). The lowest BCUT2D eigenvalue weighted by atomic mass is 10.1. The van der Waals surface area contributed by atoms with Crippen molar-refractivity contribution in [3.05, 3.63) is 0 Å². The van der Waals surface area contributed by atoms with Gasteiger partial charge in [-0.25, -0.2) is 0 Å².